The van der Waals surface area contributed by atoms with Crippen molar-refractivity contribution >= 4 is 23.5 Å². The SMILES string of the molecule is Cc1ccccc1[C@H]1C[C@@H](c2ccccc2Cl)Nc2nc(N)nn21. The monoisotopic (exact) mass is 339 g/mol. The molecule has 4 rings (SSSR count). The van der Waals surface area contributed by atoms with E-state index >= 15 is 0 Å². The van der Waals surface area contributed by atoms with Crippen LogP contribution in [0.15, 0.2) is 48.5 Å². The predicted octanol–water partition coefficient (Wildman–Crippen LogP) is 3.97. The minimum absolute atomic E-state index is 0.0550. The molecule has 0 amide bonds. The Labute approximate surface area is 145 Å². The fraction of sp³-hybridized carbons (Fsp3) is 0.222. The molecular formula is C18H18ClN5. The van der Waals surface area contributed by atoms with Crippen molar-refractivity contribution in [2.75, 3.05) is 11.1 Å². The van der Waals surface area contributed by atoms with E-state index in [1.54, 1.807) is 0 Å². The number of halogens is 1. The van der Waals surface area contributed by atoms with Gasteiger partial charge in [-0.1, -0.05) is 54.1 Å². The number of nitrogen functional groups attached to an aromatic ring is 1. The fourth-order valence-electron chi connectivity index (χ4n) is 3.38. The van der Waals surface area contributed by atoms with Gasteiger partial charge in [-0.05, 0) is 36.1 Å². The van der Waals surface area contributed by atoms with E-state index in [-0.39, 0.29) is 18.0 Å². The lowest BCUT2D eigenvalue weighted by Crippen LogP contribution is -2.28. The first-order valence-corrected chi connectivity index (χ1v) is 8.30. The van der Waals surface area contributed by atoms with Crippen LogP contribution in [0.4, 0.5) is 11.9 Å². The number of aromatic nitrogens is 3. The molecule has 2 atom stereocenters. The maximum absolute atomic E-state index is 6.41. The van der Waals surface area contributed by atoms with Crippen LogP contribution in [0, 0.1) is 6.92 Å². The summed E-state index contributed by atoms with van der Waals surface area (Å²) < 4.78 is 1.88. The van der Waals surface area contributed by atoms with Crippen LogP contribution in [0.2, 0.25) is 5.02 Å². The smallest absolute Gasteiger partial charge is 0.241 e. The van der Waals surface area contributed by atoms with E-state index in [2.05, 4.69) is 40.5 Å². The highest BCUT2D eigenvalue weighted by atomic mass is 35.5. The lowest BCUT2D eigenvalue weighted by molar-refractivity contribution is 0.430. The highest BCUT2D eigenvalue weighted by molar-refractivity contribution is 6.31. The van der Waals surface area contributed by atoms with Gasteiger partial charge in [-0.2, -0.15) is 4.98 Å². The summed E-state index contributed by atoms with van der Waals surface area (Å²) in [6.45, 7) is 2.11. The van der Waals surface area contributed by atoms with E-state index in [1.165, 1.54) is 11.1 Å². The highest BCUT2D eigenvalue weighted by Gasteiger charge is 2.32. The van der Waals surface area contributed by atoms with E-state index < -0.39 is 0 Å². The Morgan fingerprint density at radius 2 is 1.83 bits per heavy atom. The van der Waals surface area contributed by atoms with E-state index in [4.69, 9.17) is 17.3 Å². The number of anilines is 2. The second kappa shape index (κ2) is 5.83. The number of hydrogen-bond donors (Lipinski definition) is 2. The van der Waals surface area contributed by atoms with Gasteiger partial charge in [0.1, 0.15) is 0 Å². The third-order valence-corrected chi connectivity index (χ3v) is 4.88. The van der Waals surface area contributed by atoms with Gasteiger partial charge in [0.2, 0.25) is 11.9 Å². The number of nitrogens with zero attached hydrogens (tertiary/aromatic N) is 3. The van der Waals surface area contributed by atoms with E-state index in [1.807, 2.05) is 35.0 Å². The number of benzene rings is 2. The van der Waals surface area contributed by atoms with Crippen LogP contribution in [0.25, 0.3) is 0 Å². The van der Waals surface area contributed by atoms with Crippen molar-refractivity contribution in [2.24, 2.45) is 0 Å². The van der Waals surface area contributed by atoms with Crippen molar-refractivity contribution in [3.8, 4) is 0 Å². The van der Waals surface area contributed by atoms with Gasteiger partial charge in [0.15, 0.2) is 0 Å². The Morgan fingerprint density at radius 3 is 2.58 bits per heavy atom. The molecule has 3 aromatic rings. The number of nitrogens with one attached hydrogen (secondary N) is 1. The first kappa shape index (κ1) is 15.0. The molecule has 0 spiro atoms. The first-order chi connectivity index (χ1) is 11.6. The Hall–Kier alpha value is -2.53. The molecule has 2 heterocycles. The second-order valence-electron chi connectivity index (χ2n) is 6.06. The third kappa shape index (κ3) is 2.51. The van der Waals surface area contributed by atoms with Crippen LogP contribution in [0.5, 0.6) is 0 Å². The van der Waals surface area contributed by atoms with E-state index in [9.17, 15) is 0 Å². The molecular weight excluding hydrogens is 322 g/mol. The molecule has 1 aliphatic rings. The Bertz CT molecular complexity index is 889. The molecule has 24 heavy (non-hydrogen) atoms. The summed E-state index contributed by atoms with van der Waals surface area (Å²) in [5.74, 6) is 0.952. The zero-order valence-electron chi connectivity index (χ0n) is 13.3. The summed E-state index contributed by atoms with van der Waals surface area (Å²) in [5.41, 5.74) is 9.35. The number of hydrogen-bond acceptors (Lipinski definition) is 4. The molecule has 1 aliphatic heterocycles. The molecule has 1 aromatic heterocycles. The summed E-state index contributed by atoms with van der Waals surface area (Å²) in [4.78, 5) is 4.34. The number of fused-ring (bicyclic) bond motifs is 1. The van der Waals surface area contributed by atoms with Crippen LogP contribution in [0.1, 0.15) is 35.2 Å². The largest absolute Gasteiger partial charge is 0.366 e. The third-order valence-electron chi connectivity index (χ3n) is 4.53. The second-order valence-corrected chi connectivity index (χ2v) is 6.47. The molecule has 0 saturated heterocycles. The van der Waals surface area contributed by atoms with Gasteiger partial charge in [-0.15, -0.1) is 5.10 Å². The summed E-state index contributed by atoms with van der Waals surface area (Å²) >= 11 is 6.41. The molecule has 122 valence electrons. The van der Waals surface area contributed by atoms with Crippen molar-refractivity contribution in [2.45, 2.75) is 25.4 Å². The molecule has 3 N–H and O–H groups in total. The molecule has 2 aromatic carbocycles. The number of rotatable bonds is 2. The van der Waals surface area contributed by atoms with Gasteiger partial charge >= 0.3 is 0 Å². The van der Waals surface area contributed by atoms with E-state index in [0.29, 0.717) is 5.95 Å². The Morgan fingerprint density at radius 1 is 1.12 bits per heavy atom. The van der Waals surface area contributed by atoms with Crippen LogP contribution in [0.3, 0.4) is 0 Å². The van der Waals surface area contributed by atoms with Crippen molar-refractivity contribution in [3.05, 3.63) is 70.2 Å². The molecule has 0 saturated carbocycles. The van der Waals surface area contributed by atoms with Crippen LogP contribution in [-0.2, 0) is 0 Å². The minimum Gasteiger partial charge on any atom is -0.366 e. The minimum atomic E-state index is 0.0550. The standard InChI is InChI=1S/C18H18ClN5/c1-11-6-2-3-7-12(11)16-10-15(13-8-4-5-9-14(13)19)21-18-22-17(20)23-24(16)18/h2-9,15-16H,10H2,1H3,(H3,20,21,22,23)/t15-,16+/m0/s1. The quantitative estimate of drug-likeness (QED) is 0.741. The molecule has 0 fully saturated rings. The van der Waals surface area contributed by atoms with Crippen molar-refractivity contribution < 1.29 is 0 Å². The summed E-state index contributed by atoms with van der Waals surface area (Å²) in [6.07, 6.45) is 0.824. The maximum atomic E-state index is 6.41. The van der Waals surface area contributed by atoms with Crippen LogP contribution in [-0.4, -0.2) is 14.8 Å². The zero-order chi connectivity index (χ0) is 16.7. The maximum Gasteiger partial charge on any atom is 0.241 e. The summed E-state index contributed by atoms with van der Waals surface area (Å²) in [6, 6.07) is 16.4. The number of nitrogens with two attached hydrogens (primary N) is 1. The van der Waals surface area contributed by atoms with Gasteiger partial charge in [-0.25, -0.2) is 4.68 Å². The topological polar surface area (TPSA) is 68.8 Å². The first-order valence-electron chi connectivity index (χ1n) is 7.92. The fourth-order valence-corrected chi connectivity index (χ4v) is 3.64. The van der Waals surface area contributed by atoms with E-state index in [0.717, 1.165) is 17.0 Å². The summed E-state index contributed by atoms with van der Waals surface area (Å²) in [5, 5.41) is 8.56. The molecule has 0 bridgehead atoms. The van der Waals surface area contributed by atoms with Crippen LogP contribution >= 0.6 is 11.6 Å². The highest BCUT2D eigenvalue weighted by Crippen LogP contribution is 2.40. The van der Waals surface area contributed by atoms with Gasteiger partial charge in [0.05, 0.1) is 12.1 Å². The lowest BCUT2D eigenvalue weighted by atomic mass is 9.91. The van der Waals surface area contributed by atoms with Gasteiger partial charge in [-0.3, -0.25) is 0 Å². The Kier molecular flexibility index (Phi) is 3.65. The van der Waals surface area contributed by atoms with Crippen molar-refractivity contribution in [1.29, 1.82) is 0 Å². The lowest BCUT2D eigenvalue weighted by Gasteiger charge is -2.32. The van der Waals surface area contributed by atoms with Crippen molar-refractivity contribution in [3.63, 3.8) is 0 Å². The molecule has 0 aliphatic carbocycles. The predicted molar refractivity (Wildman–Crippen MR) is 96.2 cm³/mol. The van der Waals surface area contributed by atoms with Gasteiger partial charge < -0.3 is 11.1 Å². The number of aryl methyl sites for hydroxylation is 1. The Balaban J connectivity index is 1.81. The van der Waals surface area contributed by atoms with Crippen molar-refractivity contribution in [1.82, 2.24) is 14.8 Å². The van der Waals surface area contributed by atoms with Gasteiger partial charge in [0.25, 0.3) is 0 Å². The van der Waals surface area contributed by atoms with Crippen LogP contribution < -0.4 is 11.1 Å². The average Bonchev–Trinajstić information content (AvgIpc) is 2.95. The molecule has 6 heteroatoms. The van der Waals surface area contributed by atoms with Gasteiger partial charge in [0, 0.05) is 5.02 Å². The zero-order valence-corrected chi connectivity index (χ0v) is 14.0. The molecule has 0 unspecified atom stereocenters. The normalized spacial score (nSPS) is 19.6. The molecule has 0 radical (unpaired) electrons. The molecule has 5 nitrogen and oxygen atoms in total. The average molecular weight is 340 g/mol. The summed E-state index contributed by atoms with van der Waals surface area (Å²) in [7, 11) is 0.